The summed E-state index contributed by atoms with van der Waals surface area (Å²) in [6, 6.07) is 11.4. The van der Waals surface area contributed by atoms with Gasteiger partial charge in [-0.1, -0.05) is 35.5 Å². The summed E-state index contributed by atoms with van der Waals surface area (Å²) in [7, 11) is 0. The second kappa shape index (κ2) is 7.79. The quantitative estimate of drug-likeness (QED) is 0.852. The summed E-state index contributed by atoms with van der Waals surface area (Å²) in [4.78, 5) is 28.4. The van der Waals surface area contributed by atoms with Crippen LogP contribution in [0.5, 0.6) is 0 Å². The number of hydrogen-bond acceptors (Lipinski definition) is 6. The summed E-state index contributed by atoms with van der Waals surface area (Å²) in [5.41, 5.74) is 1.12. The number of rotatable bonds is 4. The Kier molecular flexibility index (Phi) is 5.06. The van der Waals surface area contributed by atoms with E-state index >= 15 is 0 Å². The van der Waals surface area contributed by atoms with Crippen LogP contribution in [-0.2, 0) is 16.0 Å². The molecule has 2 fully saturated rings. The van der Waals surface area contributed by atoms with E-state index in [0.29, 0.717) is 45.1 Å². The van der Waals surface area contributed by atoms with Gasteiger partial charge in [0.05, 0.1) is 19.3 Å². The molecular weight excluding hydrogens is 348 g/mol. The third kappa shape index (κ3) is 4.11. The lowest BCUT2D eigenvalue weighted by atomic mass is 10.0. The molecule has 1 N–H and O–H groups in total. The van der Waals surface area contributed by atoms with Gasteiger partial charge in [0.15, 0.2) is 5.82 Å². The van der Waals surface area contributed by atoms with Gasteiger partial charge >= 0.3 is 0 Å². The first kappa shape index (κ1) is 17.5. The summed E-state index contributed by atoms with van der Waals surface area (Å²) in [6.45, 7) is 3.15. The van der Waals surface area contributed by atoms with Crippen molar-refractivity contribution in [2.45, 2.75) is 12.5 Å². The van der Waals surface area contributed by atoms with E-state index in [9.17, 15) is 9.59 Å². The van der Waals surface area contributed by atoms with Crippen LogP contribution >= 0.6 is 0 Å². The maximum Gasteiger partial charge on any atom is 0.293 e. The summed E-state index contributed by atoms with van der Waals surface area (Å²) in [5.74, 6) is 0.312. The number of benzene rings is 1. The van der Waals surface area contributed by atoms with Crippen molar-refractivity contribution >= 4 is 17.6 Å². The molecule has 2 saturated heterocycles. The summed E-state index contributed by atoms with van der Waals surface area (Å²) in [5, 5.41) is 6.97. The molecule has 3 heterocycles. The van der Waals surface area contributed by atoms with Gasteiger partial charge in [0, 0.05) is 25.7 Å². The van der Waals surface area contributed by atoms with Crippen LogP contribution in [0.25, 0.3) is 0 Å². The first-order valence-corrected chi connectivity index (χ1v) is 9.11. The molecule has 27 heavy (non-hydrogen) atoms. The topological polar surface area (TPSA) is 87.9 Å². The Labute approximate surface area is 157 Å². The van der Waals surface area contributed by atoms with Gasteiger partial charge in [-0.15, -0.1) is 0 Å². The van der Waals surface area contributed by atoms with Crippen molar-refractivity contribution in [2.75, 3.05) is 44.3 Å². The van der Waals surface area contributed by atoms with Crippen LogP contribution in [0.15, 0.2) is 40.9 Å². The number of amides is 2. The van der Waals surface area contributed by atoms with E-state index < -0.39 is 0 Å². The van der Waals surface area contributed by atoms with Gasteiger partial charge in [-0.3, -0.25) is 9.59 Å². The van der Waals surface area contributed by atoms with E-state index in [0.717, 1.165) is 5.56 Å². The predicted molar refractivity (Wildman–Crippen MR) is 97.5 cm³/mol. The third-order valence-electron chi connectivity index (χ3n) is 4.80. The molecule has 0 saturated carbocycles. The number of piperazine rings is 1. The molecule has 1 aromatic heterocycles. The predicted octanol–water partition coefficient (Wildman–Crippen LogP) is 0.695. The molecule has 2 aromatic rings. The fourth-order valence-corrected chi connectivity index (χ4v) is 3.46. The molecule has 0 radical (unpaired) electrons. The van der Waals surface area contributed by atoms with Crippen molar-refractivity contribution in [1.29, 1.82) is 0 Å². The smallest absolute Gasteiger partial charge is 0.293 e. The van der Waals surface area contributed by atoms with Gasteiger partial charge in [-0.2, -0.15) is 0 Å². The lowest BCUT2D eigenvalue weighted by Gasteiger charge is -2.32. The van der Waals surface area contributed by atoms with E-state index in [1.807, 2.05) is 35.2 Å². The zero-order valence-corrected chi connectivity index (χ0v) is 15.0. The summed E-state index contributed by atoms with van der Waals surface area (Å²) in [6.07, 6.45) is 0.672. The molecule has 4 rings (SSSR count). The van der Waals surface area contributed by atoms with Gasteiger partial charge in [-0.05, 0) is 12.0 Å². The van der Waals surface area contributed by atoms with Crippen LogP contribution in [0.1, 0.15) is 16.1 Å². The Bertz CT molecular complexity index is 801. The first-order chi connectivity index (χ1) is 13.2. The van der Waals surface area contributed by atoms with Crippen molar-refractivity contribution < 1.29 is 18.8 Å². The second-order valence-electron chi connectivity index (χ2n) is 6.79. The van der Waals surface area contributed by atoms with E-state index in [4.69, 9.17) is 9.26 Å². The van der Waals surface area contributed by atoms with Crippen LogP contribution in [0.4, 0.5) is 5.82 Å². The largest absolute Gasteiger partial charge is 0.378 e. The average Bonchev–Trinajstić information content (AvgIpc) is 3.19. The van der Waals surface area contributed by atoms with Gasteiger partial charge in [-0.25, -0.2) is 0 Å². The molecule has 2 amide bonds. The summed E-state index contributed by atoms with van der Waals surface area (Å²) < 4.78 is 10.6. The SMILES string of the molecule is O=C1CN(C(=O)c2cc(N3CCOCC3)no2)C[C@H](Cc2ccccc2)N1. The normalized spacial score (nSPS) is 20.4. The zero-order valence-electron chi connectivity index (χ0n) is 15.0. The van der Waals surface area contributed by atoms with Crippen molar-refractivity contribution in [3.05, 3.63) is 47.7 Å². The number of hydrogen-bond donors (Lipinski definition) is 1. The molecule has 0 bridgehead atoms. The van der Waals surface area contributed by atoms with Gasteiger partial charge in [0.2, 0.25) is 11.7 Å². The van der Waals surface area contributed by atoms with Crippen LogP contribution < -0.4 is 10.2 Å². The first-order valence-electron chi connectivity index (χ1n) is 9.11. The number of anilines is 1. The lowest BCUT2D eigenvalue weighted by Crippen LogP contribution is -2.56. The highest BCUT2D eigenvalue weighted by Crippen LogP contribution is 2.18. The molecule has 0 spiro atoms. The molecular formula is C19H22N4O4. The number of carbonyl (C=O) groups excluding carboxylic acids is 2. The van der Waals surface area contributed by atoms with E-state index in [1.165, 1.54) is 4.90 Å². The number of morpholine rings is 1. The molecule has 8 heteroatoms. The highest BCUT2D eigenvalue weighted by atomic mass is 16.5. The number of ether oxygens (including phenoxy) is 1. The lowest BCUT2D eigenvalue weighted by molar-refractivity contribution is -0.124. The number of nitrogens with zero attached hydrogens (tertiary/aromatic N) is 3. The third-order valence-corrected chi connectivity index (χ3v) is 4.80. The Balaban J connectivity index is 1.43. The van der Waals surface area contributed by atoms with E-state index in [2.05, 4.69) is 10.5 Å². The molecule has 1 aromatic carbocycles. The number of carbonyl (C=O) groups is 2. The second-order valence-corrected chi connectivity index (χ2v) is 6.79. The van der Waals surface area contributed by atoms with Crippen LogP contribution in [0, 0.1) is 0 Å². The van der Waals surface area contributed by atoms with E-state index in [-0.39, 0.29) is 30.2 Å². The molecule has 2 aliphatic heterocycles. The minimum Gasteiger partial charge on any atom is -0.378 e. The van der Waals surface area contributed by atoms with Crippen LogP contribution in [-0.4, -0.2) is 67.3 Å². The van der Waals surface area contributed by atoms with Gasteiger partial charge < -0.3 is 24.4 Å². The Morgan fingerprint density at radius 1 is 1.22 bits per heavy atom. The maximum absolute atomic E-state index is 12.8. The average molecular weight is 370 g/mol. The van der Waals surface area contributed by atoms with Gasteiger partial charge in [0.25, 0.3) is 5.91 Å². The number of aromatic nitrogens is 1. The van der Waals surface area contributed by atoms with Crippen molar-refractivity contribution in [2.24, 2.45) is 0 Å². The van der Waals surface area contributed by atoms with Gasteiger partial charge in [0.1, 0.15) is 6.54 Å². The van der Waals surface area contributed by atoms with Crippen molar-refractivity contribution in [3.63, 3.8) is 0 Å². The fraction of sp³-hybridized carbons (Fsp3) is 0.421. The fourth-order valence-electron chi connectivity index (χ4n) is 3.46. The minimum absolute atomic E-state index is 0.0255. The molecule has 2 aliphatic rings. The minimum atomic E-state index is -0.310. The molecule has 8 nitrogen and oxygen atoms in total. The van der Waals surface area contributed by atoms with Crippen molar-refractivity contribution in [3.8, 4) is 0 Å². The Hall–Kier alpha value is -2.87. The maximum atomic E-state index is 12.8. The zero-order chi connectivity index (χ0) is 18.6. The Morgan fingerprint density at radius 2 is 2.00 bits per heavy atom. The highest BCUT2D eigenvalue weighted by Gasteiger charge is 2.31. The number of nitrogens with one attached hydrogen (secondary N) is 1. The Morgan fingerprint density at radius 3 is 2.78 bits per heavy atom. The highest BCUT2D eigenvalue weighted by molar-refractivity contribution is 5.95. The molecule has 0 aliphatic carbocycles. The molecule has 1 atom stereocenters. The van der Waals surface area contributed by atoms with E-state index in [1.54, 1.807) is 6.07 Å². The van der Waals surface area contributed by atoms with Crippen LogP contribution in [0.3, 0.4) is 0 Å². The van der Waals surface area contributed by atoms with Crippen LogP contribution in [0.2, 0.25) is 0 Å². The van der Waals surface area contributed by atoms with Crippen molar-refractivity contribution in [1.82, 2.24) is 15.4 Å². The standard InChI is InChI=1S/C19H22N4O4/c24-18-13-23(12-15(20-18)10-14-4-2-1-3-5-14)19(25)16-11-17(21-27-16)22-6-8-26-9-7-22/h1-5,11,15H,6-10,12-13H2,(H,20,24)/t15-/m0/s1. The molecule has 0 unspecified atom stereocenters. The monoisotopic (exact) mass is 370 g/mol. The molecule has 142 valence electrons. The summed E-state index contributed by atoms with van der Waals surface area (Å²) >= 11 is 0.